The zero-order valence-corrected chi connectivity index (χ0v) is 14.4. The highest BCUT2D eigenvalue weighted by Gasteiger charge is 2.34. The summed E-state index contributed by atoms with van der Waals surface area (Å²) in [6, 6.07) is 0.240. The molecule has 5 heteroatoms. The predicted octanol–water partition coefficient (Wildman–Crippen LogP) is 2.53. The van der Waals surface area contributed by atoms with Crippen LogP contribution in [-0.2, 0) is 19.0 Å². The van der Waals surface area contributed by atoms with Crippen LogP contribution in [-0.4, -0.2) is 51.1 Å². The largest absolute Gasteiger partial charge is 0.465 e. The molecule has 5 nitrogen and oxygen atoms in total. The van der Waals surface area contributed by atoms with Gasteiger partial charge >= 0.3 is 5.97 Å². The number of hydrogen-bond donors (Lipinski definition) is 1. The van der Waals surface area contributed by atoms with Crippen molar-refractivity contribution in [3.63, 3.8) is 0 Å². The minimum Gasteiger partial charge on any atom is -0.465 e. The summed E-state index contributed by atoms with van der Waals surface area (Å²) >= 11 is 0. The molecule has 21 heavy (non-hydrogen) atoms. The van der Waals surface area contributed by atoms with Crippen LogP contribution in [0.15, 0.2) is 0 Å². The summed E-state index contributed by atoms with van der Waals surface area (Å²) in [7, 11) is 1.69. The van der Waals surface area contributed by atoms with Crippen molar-refractivity contribution in [1.29, 1.82) is 0 Å². The molecule has 126 valence electrons. The monoisotopic (exact) mass is 303 g/mol. The van der Waals surface area contributed by atoms with Gasteiger partial charge in [-0.2, -0.15) is 0 Å². The van der Waals surface area contributed by atoms with E-state index in [1.54, 1.807) is 7.11 Å². The van der Waals surface area contributed by atoms with Crippen LogP contribution in [0.4, 0.5) is 0 Å². The van der Waals surface area contributed by atoms with Crippen LogP contribution in [0.2, 0.25) is 0 Å². The number of methoxy groups -OCH3 is 1. The molecule has 0 aliphatic carbocycles. The maximum absolute atomic E-state index is 12.1. The van der Waals surface area contributed by atoms with E-state index in [2.05, 4.69) is 5.32 Å². The summed E-state index contributed by atoms with van der Waals surface area (Å²) in [6.07, 6.45) is 3.55. The number of hydrogen-bond acceptors (Lipinski definition) is 5. The van der Waals surface area contributed by atoms with Gasteiger partial charge in [-0.05, 0) is 53.4 Å². The molecule has 1 unspecified atom stereocenters. The fourth-order valence-corrected chi connectivity index (χ4v) is 2.25. The first kappa shape index (κ1) is 20.3. The Morgan fingerprint density at radius 3 is 2.38 bits per heavy atom. The van der Waals surface area contributed by atoms with Crippen molar-refractivity contribution in [2.75, 3.05) is 33.5 Å². The highest BCUT2D eigenvalue weighted by atomic mass is 16.5. The van der Waals surface area contributed by atoms with E-state index in [-0.39, 0.29) is 12.0 Å². The molecule has 0 aliphatic rings. The molecule has 0 heterocycles. The standard InChI is InChI=1S/C16H33NO4/c1-6-21-15(18)16(4,17-14(2)3)10-7-8-12-20-13-9-11-19-5/h14,17H,6-13H2,1-5H3. The van der Waals surface area contributed by atoms with Crippen molar-refractivity contribution in [2.45, 2.75) is 65.0 Å². The van der Waals surface area contributed by atoms with Gasteiger partial charge in [0.1, 0.15) is 5.54 Å². The zero-order chi connectivity index (χ0) is 16.1. The Balaban J connectivity index is 3.99. The van der Waals surface area contributed by atoms with E-state index >= 15 is 0 Å². The summed E-state index contributed by atoms with van der Waals surface area (Å²) in [5.74, 6) is -0.167. The second-order valence-corrected chi connectivity index (χ2v) is 5.77. The van der Waals surface area contributed by atoms with Gasteiger partial charge in [-0.1, -0.05) is 0 Å². The van der Waals surface area contributed by atoms with E-state index in [1.165, 1.54) is 0 Å². The molecule has 0 aliphatic heterocycles. The average Bonchev–Trinajstić information content (AvgIpc) is 2.41. The smallest absolute Gasteiger partial charge is 0.326 e. The topological polar surface area (TPSA) is 56.8 Å². The zero-order valence-electron chi connectivity index (χ0n) is 14.4. The minimum atomic E-state index is -0.611. The third kappa shape index (κ3) is 9.82. The van der Waals surface area contributed by atoms with Gasteiger partial charge < -0.3 is 14.2 Å². The van der Waals surface area contributed by atoms with Crippen molar-refractivity contribution in [3.05, 3.63) is 0 Å². The number of unbranched alkanes of at least 4 members (excludes halogenated alkanes) is 1. The molecule has 0 aromatic carbocycles. The quantitative estimate of drug-likeness (QED) is 0.418. The predicted molar refractivity (Wildman–Crippen MR) is 84.5 cm³/mol. The second-order valence-electron chi connectivity index (χ2n) is 5.77. The Bertz CT molecular complexity index is 271. The van der Waals surface area contributed by atoms with Crippen molar-refractivity contribution in [1.82, 2.24) is 5.32 Å². The van der Waals surface area contributed by atoms with Gasteiger partial charge in [0, 0.05) is 33.0 Å². The van der Waals surface area contributed by atoms with Crippen LogP contribution < -0.4 is 5.32 Å². The van der Waals surface area contributed by atoms with Crippen molar-refractivity contribution in [2.24, 2.45) is 0 Å². The highest BCUT2D eigenvalue weighted by Crippen LogP contribution is 2.17. The summed E-state index contributed by atoms with van der Waals surface area (Å²) < 4.78 is 15.7. The van der Waals surface area contributed by atoms with Crippen LogP contribution in [0, 0.1) is 0 Å². The molecule has 0 amide bonds. The molecular formula is C16H33NO4. The molecule has 0 fully saturated rings. The summed E-state index contributed by atoms with van der Waals surface area (Å²) in [5.41, 5.74) is -0.611. The number of carbonyl (C=O) groups excluding carboxylic acids is 1. The number of carbonyl (C=O) groups is 1. The lowest BCUT2D eigenvalue weighted by Crippen LogP contribution is -2.53. The SMILES string of the molecule is CCOC(=O)C(C)(CCCCOCCCOC)NC(C)C. The number of rotatable bonds is 13. The van der Waals surface area contributed by atoms with E-state index in [0.29, 0.717) is 6.61 Å². The molecule has 0 aromatic heterocycles. The Labute approximate surface area is 129 Å². The van der Waals surface area contributed by atoms with Gasteiger partial charge in [0.15, 0.2) is 0 Å². The normalized spacial score (nSPS) is 14.2. The molecule has 1 N–H and O–H groups in total. The summed E-state index contributed by atoms with van der Waals surface area (Å²) in [6.45, 7) is 10.4. The number of ether oxygens (including phenoxy) is 3. The molecule has 0 rings (SSSR count). The highest BCUT2D eigenvalue weighted by molar-refractivity contribution is 5.80. The molecule has 1 atom stereocenters. The summed E-state index contributed by atoms with van der Waals surface area (Å²) in [5, 5.41) is 3.33. The van der Waals surface area contributed by atoms with Crippen LogP contribution in [0.1, 0.15) is 53.4 Å². The molecule has 0 spiro atoms. The minimum absolute atomic E-state index is 0.167. The van der Waals surface area contributed by atoms with Gasteiger partial charge in [0.25, 0.3) is 0 Å². The third-order valence-corrected chi connectivity index (χ3v) is 3.19. The Hall–Kier alpha value is -0.650. The van der Waals surface area contributed by atoms with E-state index in [1.807, 2.05) is 27.7 Å². The van der Waals surface area contributed by atoms with Gasteiger partial charge in [-0.3, -0.25) is 10.1 Å². The molecule has 0 bridgehead atoms. The lowest BCUT2D eigenvalue weighted by atomic mass is 9.94. The molecule has 0 aromatic rings. The maximum Gasteiger partial charge on any atom is 0.326 e. The Kier molecular flexibility index (Phi) is 11.6. The lowest BCUT2D eigenvalue weighted by Gasteiger charge is -2.30. The number of esters is 1. The maximum atomic E-state index is 12.1. The van der Waals surface area contributed by atoms with Crippen molar-refractivity contribution in [3.8, 4) is 0 Å². The first-order valence-corrected chi connectivity index (χ1v) is 7.98. The molecule has 0 saturated heterocycles. The van der Waals surface area contributed by atoms with E-state index in [9.17, 15) is 4.79 Å². The van der Waals surface area contributed by atoms with Gasteiger partial charge in [0.2, 0.25) is 0 Å². The fourth-order valence-electron chi connectivity index (χ4n) is 2.25. The van der Waals surface area contributed by atoms with Crippen molar-refractivity contribution >= 4 is 5.97 Å². The molecule has 0 saturated carbocycles. The third-order valence-electron chi connectivity index (χ3n) is 3.19. The summed E-state index contributed by atoms with van der Waals surface area (Å²) in [4.78, 5) is 12.1. The fraction of sp³-hybridized carbons (Fsp3) is 0.938. The van der Waals surface area contributed by atoms with Gasteiger partial charge in [0.05, 0.1) is 6.61 Å². The van der Waals surface area contributed by atoms with Crippen LogP contribution in [0.3, 0.4) is 0 Å². The van der Waals surface area contributed by atoms with Crippen LogP contribution in [0.25, 0.3) is 0 Å². The van der Waals surface area contributed by atoms with Gasteiger partial charge in [-0.15, -0.1) is 0 Å². The first-order chi connectivity index (χ1) is 9.96. The second kappa shape index (κ2) is 12.0. The molecular weight excluding hydrogens is 270 g/mol. The molecule has 0 radical (unpaired) electrons. The number of nitrogens with one attached hydrogen (secondary N) is 1. The van der Waals surface area contributed by atoms with E-state index < -0.39 is 5.54 Å². The van der Waals surface area contributed by atoms with Crippen LogP contribution in [0.5, 0.6) is 0 Å². The Morgan fingerprint density at radius 1 is 1.14 bits per heavy atom. The van der Waals surface area contributed by atoms with Crippen molar-refractivity contribution < 1.29 is 19.0 Å². The average molecular weight is 303 g/mol. The van der Waals surface area contributed by atoms with Crippen LogP contribution >= 0.6 is 0 Å². The first-order valence-electron chi connectivity index (χ1n) is 7.98. The Morgan fingerprint density at radius 2 is 1.81 bits per heavy atom. The van der Waals surface area contributed by atoms with E-state index in [0.717, 1.165) is 45.5 Å². The van der Waals surface area contributed by atoms with E-state index in [4.69, 9.17) is 14.2 Å². The van der Waals surface area contributed by atoms with Gasteiger partial charge in [-0.25, -0.2) is 0 Å². The lowest BCUT2D eigenvalue weighted by molar-refractivity contribution is -0.151.